The molecule has 0 aromatic heterocycles. The number of nitrogens with one attached hydrogen (secondary N) is 1. The number of piperidine rings is 1. The number of nitrogens with two attached hydrogens (primary N) is 1. The Kier molecular flexibility index (Phi) is 6.88. The van der Waals surface area contributed by atoms with E-state index in [-0.39, 0.29) is 29.9 Å². The summed E-state index contributed by atoms with van der Waals surface area (Å²) in [5.41, 5.74) is 8.20. The molecule has 2 aliphatic rings. The second-order valence-corrected chi connectivity index (χ2v) is 9.58. The molecular formula is C26H33N3O4. The van der Waals surface area contributed by atoms with Crippen LogP contribution in [0.15, 0.2) is 42.5 Å². The number of carbonyl (C=O) groups is 2. The Labute approximate surface area is 195 Å². The number of fused-ring (bicyclic) bond motifs is 1. The van der Waals surface area contributed by atoms with Crippen LogP contribution in [0.5, 0.6) is 11.5 Å². The minimum atomic E-state index is -0.258. The van der Waals surface area contributed by atoms with Crippen molar-refractivity contribution in [1.29, 1.82) is 0 Å². The maximum Gasteiger partial charge on any atom is 0.262 e. The van der Waals surface area contributed by atoms with Gasteiger partial charge in [0.05, 0.1) is 0 Å². The van der Waals surface area contributed by atoms with Crippen molar-refractivity contribution >= 4 is 17.5 Å². The number of likely N-dealkylation sites (tertiary alicyclic amines) is 1. The van der Waals surface area contributed by atoms with Gasteiger partial charge >= 0.3 is 0 Å². The monoisotopic (exact) mass is 451 g/mol. The van der Waals surface area contributed by atoms with Crippen LogP contribution in [0, 0.1) is 5.92 Å². The molecule has 3 N–H and O–H groups in total. The lowest BCUT2D eigenvalue weighted by molar-refractivity contribution is -0.123. The molecule has 33 heavy (non-hydrogen) atoms. The molecule has 2 amide bonds. The minimum Gasteiger partial charge on any atom is -0.483 e. The molecule has 0 unspecified atom stereocenters. The summed E-state index contributed by atoms with van der Waals surface area (Å²) in [4.78, 5) is 26.1. The van der Waals surface area contributed by atoms with E-state index in [2.05, 4.69) is 10.2 Å². The number of anilines is 1. The molecule has 2 heterocycles. The number of carbonyl (C=O) groups excluding carboxylic acids is 2. The van der Waals surface area contributed by atoms with E-state index in [1.165, 1.54) is 5.56 Å². The average Bonchev–Trinajstić information content (AvgIpc) is 3.12. The molecule has 0 spiro atoms. The van der Waals surface area contributed by atoms with Crippen molar-refractivity contribution in [2.24, 2.45) is 11.7 Å². The van der Waals surface area contributed by atoms with Gasteiger partial charge < -0.3 is 25.4 Å². The van der Waals surface area contributed by atoms with Gasteiger partial charge in [-0.1, -0.05) is 24.3 Å². The molecule has 176 valence electrons. The van der Waals surface area contributed by atoms with Gasteiger partial charge in [-0.2, -0.15) is 0 Å². The number of nitrogens with zero attached hydrogens (tertiary/aromatic N) is 1. The van der Waals surface area contributed by atoms with Crippen molar-refractivity contribution < 1.29 is 19.1 Å². The SMILES string of the molecule is CC1(C)Cc2cccc(OCC(=O)Nc3ccc(CCN4CCC(C(N)=O)CC4)cc3)c2O1. The van der Waals surface area contributed by atoms with E-state index >= 15 is 0 Å². The predicted molar refractivity (Wildman–Crippen MR) is 127 cm³/mol. The van der Waals surface area contributed by atoms with E-state index in [0.29, 0.717) is 5.75 Å². The van der Waals surface area contributed by atoms with Gasteiger partial charge in [0.15, 0.2) is 18.1 Å². The highest BCUT2D eigenvalue weighted by Crippen LogP contribution is 2.41. The highest BCUT2D eigenvalue weighted by Gasteiger charge is 2.32. The van der Waals surface area contributed by atoms with E-state index in [0.717, 1.165) is 62.3 Å². The van der Waals surface area contributed by atoms with Gasteiger partial charge in [0.25, 0.3) is 5.91 Å². The lowest BCUT2D eigenvalue weighted by atomic mass is 9.96. The number of hydrogen-bond donors (Lipinski definition) is 2. The van der Waals surface area contributed by atoms with Gasteiger partial charge in [0.2, 0.25) is 5.91 Å². The predicted octanol–water partition coefficient (Wildman–Crippen LogP) is 3.16. The lowest BCUT2D eigenvalue weighted by Crippen LogP contribution is -2.39. The number of hydrogen-bond acceptors (Lipinski definition) is 5. The molecule has 0 aliphatic carbocycles. The zero-order valence-electron chi connectivity index (χ0n) is 19.4. The van der Waals surface area contributed by atoms with E-state index in [4.69, 9.17) is 15.2 Å². The molecule has 7 nitrogen and oxygen atoms in total. The summed E-state index contributed by atoms with van der Waals surface area (Å²) in [7, 11) is 0. The molecule has 0 atom stereocenters. The second-order valence-electron chi connectivity index (χ2n) is 9.58. The second kappa shape index (κ2) is 9.83. The molecule has 0 bridgehead atoms. The number of ether oxygens (including phenoxy) is 2. The third-order valence-corrected chi connectivity index (χ3v) is 6.36. The number of amides is 2. The Bertz CT molecular complexity index is 995. The number of benzene rings is 2. The molecule has 1 fully saturated rings. The van der Waals surface area contributed by atoms with Gasteiger partial charge in [-0.05, 0) is 70.0 Å². The zero-order valence-corrected chi connectivity index (χ0v) is 19.4. The first-order chi connectivity index (χ1) is 15.8. The number of para-hydroxylation sites is 1. The van der Waals surface area contributed by atoms with E-state index in [1.807, 2.05) is 56.3 Å². The van der Waals surface area contributed by atoms with Crippen LogP contribution in [-0.2, 0) is 22.4 Å². The van der Waals surface area contributed by atoms with Crippen LogP contribution in [0.3, 0.4) is 0 Å². The summed E-state index contributed by atoms with van der Waals surface area (Å²) in [6.45, 7) is 6.77. The van der Waals surface area contributed by atoms with Crippen LogP contribution >= 0.6 is 0 Å². The van der Waals surface area contributed by atoms with Crippen LogP contribution in [0.1, 0.15) is 37.8 Å². The normalized spacial score (nSPS) is 17.8. The summed E-state index contributed by atoms with van der Waals surface area (Å²) < 4.78 is 11.7. The van der Waals surface area contributed by atoms with Gasteiger partial charge in [-0.3, -0.25) is 9.59 Å². The van der Waals surface area contributed by atoms with Crippen LogP contribution in [0.4, 0.5) is 5.69 Å². The van der Waals surface area contributed by atoms with Crippen molar-refractivity contribution in [1.82, 2.24) is 4.90 Å². The molecule has 2 aromatic carbocycles. The van der Waals surface area contributed by atoms with E-state index < -0.39 is 0 Å². The number of primary amides is 1. The van der Waals surface area contributed by atoms with E-state index in [9.17, 15) is 9.59 Å². The Balaban J connectivity index is 1.22. The quantitative estimate of drug-likeness (QED) is 0.643. The van der Waals surface area contributed by atoms with Crippen molar-refractivity contribution in [3.05, 3.63) is 53.6 Å². The zero-order chi connectivity index (χ0) is 23.4. The summed E-state index contributed by atoms with van der Waals surface area (Å²) in [6.07, 6.45) is 3.44. The number of rotatable bonds is 8. The minimum absolute atomic E-state index is 0.0234. The largest absolute Gasteiger partial charge is 0.483 e. The Hall–Kier alpha value is -3.06. The fourth-order valence-corrected chi connectivity index (χ4v) is 4.52. The molecule has 4 rings (SSSR count). The summed E-state index contributed by atoms with van der Waals surface area (Å²) in [6, 6.07) is 13.7. The fraction of sp³-hybridized carbons (Fsp3) is 0.462. The first kappa shape index (κ1) is 23.1. The van der Waals surface area contributed by atoms with Crippen molar-refractivity contribution in [2.45, 2.75) is 45.1 Å². The highest BCUT2D eigenvalue weighted by atomic mass is 16.5. The van der Waals surface area contributed by atoms with Gasteiger partial charge in [0.1, 0.15) is 5.60 Å². The summed E-state index contributed by atoms with van der Waals surface area (Å²) in [5.74, 6) is 0.967. The van der Waals surface area contributed by atoms with Crippen molar-refractivity contribution in [2.75, 3.05) is 31.6 Å². The first-order valence-electron chi connectivity index (χ1n) is 11.6. The smallest absolute Gasteiger partial charge is 0.262 e. The Morgan fingerprint density at radius 2 is 1.88 bits per heavy atom. The van der Waals surface area contributed by atoms with Gasteiger partial charge in [-0.25, -0.2) is 0 Å². The Morgan fingerprint density at radius 3 is 2.58 bits per heavy atom. The third-order valence-electron chi connectivity index (χ3n) is 6.36. The van der Waals surface area contributed by atoms with Crippen LogP contribution in [0.2, 0.25) is 0 Å². The third kappa shape index (κ3) is 6.05. The van der Waals surface area contributed by atoms with Crippen molar-refractivity contribution in [3.8, 4) is 11.5 Å². The van der Waals surface area contributed by atoms with Crippen molar-refractivity contribution in [3.63, 3.8) is 0 Å². The van der Waals surface area contributed by atoms with Crippen LogP contribution < -0.4 is 20.5 Å². The molecule has 2 aliphatic heterocycles. The lowest BCUT2D eigenvalue weighted by Gasteiger charge is -2.30. The summed E-state index contributed by atoms with van der Waals surface area (Å²) >= 11 is 0. The highest BCUT2D eigenvalue weighted by molar-refractivity contribution is 5.91. The topological polar surface area (TPSA) is 93.9 Å². The molecule has 7 heteroatoms. The standard InChI is InChI=1S/C26H33N3O4/c1-26(2)16-20-4-3-5-22(24(20)33-26)32-17-23(30)28-21-8-6-18(7-9-21)10-13-29-14-11-19(12-15-29)25(27)31/h3-9,19H,10-17H2,1-2H3,(H2,27,31)(H,28,30). The molecular weight excluding hydrogens is 418 g/mol. The molecule has 1 saturated heterocycles. The van der Waals surface area contributed by atoms with Gasteiger partial charge in [0, 0.05) is 30.1 Å². The summed E-state index contributed by atoms with van der Waals surface area (Å²) in [5, 5.41) is 2.89. The van der Waals surface area contributed by atoms with Gasteiger partial charge in [-0.15, -0.1) is 0 Å². The maximum absolute atomic E-state index is 12.4. The van der Waals surface area contributed by atoms with E-state index in [1.54, 1.807) is 0 Å². The fourth-order valence-electron chi connectivity index (χ4n) is 4.52. The van der Waals surface area contributed by atoms with Crippen LogP contribution in [-0.4, -0.2) is 48.6 Å². The molecule has 2 aromatic rings. The molecule has 0 radical (unpaired) electrons. The average molecular weight is 452 g/mol. The van der Waals surface area contributed by atoms with Crippen LogP contribution in [0.25, 0.3) is 0 Å². The maximum atomic E-state index is 12.4. The Morgan fingerprint density at radius 1 is 1.15 bits per heavy atom. The molecule has 0 saturated carbocycles. The first-order valence-corrected chi connectivity index (χ1v) is 11.6.